The molecule has 1 saturated carbocycles. The number of hydrogen-bond donors (Lipinski definition) is 1. The maximum Gasteiger partial charge on any atom is 0.222 e. The van der Waals surface area contributed by atoms with Crippen LogP contribution in [0.25, 0.3) is 11.1 Å². The fraction of sp³-hybridized carbons (Fsp3) is 0.478. The molecular formula is C23H28N2O3. The average Bonchev–Trinajstić information content (AvgIpc) is 3.49. The van der Waals surface area contributed by atoms with Gasteiger partial charge >= 0.3 is 0 Å². The molecular weight excluding hydrogens is 352 g/mol. The molecule has 1 aromatic heterocycles. The van der Waals surface area contributed by atoms with Crippen molar-refractivity contribution in [2.45, 2.75) is 52.6 Å². The topological polar surface area (TPSA) is 60.5 Å². The lowest BCUT2D eigenvalue weighted by Gasteiger charge is -2.30. The molecule has 28 heavy (non-hydrogen) atoms. The molecule has 1 unspecified atom stereocenters. The maximum atomic E-state index is 11.6. The second-order valence-electron chi connectivity index (χ2n) is 8.22. The predicted molar refractivity (Wildman–Crippen MR) is 110 cm³/mol. The van der Waals surface area contributed by atoms with Crippen molar-refractivity contribution in [1.82, 2.24) is 4.98 Å². The summed E-state index contributed by atoms with van der Waals surface area (Å²) < 4.78 is 12.4. The lowest BCUT2D eigenvalue weighted by atomic mass is 9.91. The number of anilines is 1. The first-order chi connectivity index (χ1) is 13.5. The summed E-state index contributed by atoms with van der Waals surface area (Å²) in [6.07, 6.45) is 6.17. The summed E-state index contributed by atoms with van der Waals surface area (Å²) in [7, 11) is 0. The lowest BCUT2D eigenvalue weighted by molar-refractivity contribution is -0.114. The van der Waals surface area contributed by atoms with Crippen molar-refractivity contribution in [2.75, 3.05) is 11.9 Å². The third kappa shape index (κ3) is 3.98. The largest absolute Gasteiger partial charge is 0.493 e. The van der Waals surface area contributed by atoms with Crippen LogP contribution in [-0.2, 0) is 4.79 Å². The van der Waals surface area contributed by atoms with Gasteiger partial charge in [-0.1, -0.05) is 13.8 Å². The van der Waals surface area contributed by atoms with Gasteiger partial charge in [-0.15, -0.1) is 0 Å². The van der Waals surface area contributed by atoms with Crippen LogP contribution < -0.4 is 14.8 Å². The number of nitrogens with zero attached hydrogens (tertiary/aromatic N) is 1. The van der Waals surface area contributed by atoms with Gasteiger partial charge in [0.05, 0.1) is 6.61 Å². The van der Waals surface area contributed by atoms with E-state index in [-0.39, 0.29) is 12.0 Å². The number of amides is 1. The fourth-order valence-electron chi connectivity index (χ4n) is 3.78. The summed E-state index contributed by atoms with van der Waals surface area (Å²) in [5, 5.41) is 2.88. The number of carbonyl (C=O) groups is 1. The molecule has 5 heteroatoms. The number of benzene rings is 1. The SMILES string of the molecule is CC(=O)Nc1nccc2c1C(C1CC1)Oc1cc(OCCCC(C)C)ccc1-2. The van der Waals surface area contributed by atoms with Crippen LogP contribution in [-0.4, -0.2) is 17.5 Å². The van der Waals surface area contributed by atoms with Crippen LogP contribution in [0.2, 0.25) is 0 Å². The standard InChI is InChI=1S/C23H28N2O3/c1-14(2)5-4-12-27-17-8-9-18-19-10-11-24-23(25-15(3)26)21(19)22(16-6-7-16)28-20(18)13-17/h8-11,13-14,16,22H,4-7,12H2,1-3H3,(H,24,25,26). The Bertz CT molecular complexity index is 874. The van der Waals surface area contributed by atoms with E-state index >= 15 is 0 Å². The Balaban J connectivity index is 1.63. The van der Waals surface area contributed by atoms with Gasteiger partial charge in [-0.2, -0.15) is 0 Å². The van der Waals surface area contributed by atoms with E-state index in [1.54, 1.807) is 6.20 Å². The van der Waals surface area contributed by atoms with Crippen LogP contribution >= 0.6 is 0 Å². The van der Waals surface area contributed by atoms with Crippen molar-refractivity contribution >= 4 is 11.7 Å². The van der Waals surface area contributed by atoms with Crippen molar-refractivity contribution in [3.63, 3.8) is 0 Å². The molecule has 4 rings (SSSR count). The highest BCUT2D eigenvalue weighted by atomic mass is 16.5. The molecule has 0 radical (unpaired) electrons. The second-order valence-corrected chi connectivity index (χ2v) is 8.22. The minimum Gasteiger partial charge on any atom is -0.493 e. The Labute approximate surface area is 166 Å². The first-order valence-corrected chi connectivity index (χ1v) is 10.2. The molecule has 5 nitrogen and oxygen atoms in total. The minimum atomic E-state index is -0.119. The van der Waals surface area contributed by atoms with Crippen LogP contribution in [0.4, 0.5) is 5.82 Å². The van der Waals surface area contributed by atoms with E-state index in [2.05, 4.69) is 24.1 Å². The zero-order valence-corrected chi connectivity index (χ0v) is 16.8. The Morgan fingerprint density at radius 1 is 1.29 bits per heavy atom. The molecule has 1 aliphatic heterocycles. The third-order valence-corrected chi connectivity index (χ3v) is 5.31. The Morgan fingerprint density at radius 3 is 2.82 bits per heavy atom. The van der Waals surface area contributed by atoms with Crippen molar-refractivity contribution in [3.8, 4) is 22.6 Å². The molecule has 2 aromatic rings. The number of nitrogens with one attached hydrogen (secondary N) is 1. The van der Waals surface area contributed by atoms with E-state index in [9.17, 15) is 4.79 Å². The second kappa shape index (κ2) is 7.82. The average molecular weight is 380 g/mol. The molecule has 1 amide bonds. The molecule has 0 saturated heterocycles. The molecule has 2 aliphatic rings. The zero-order valence-electron chi connectivity index (χ0n) is 16.8. The smallest absolute Gasteiger partial charge is 0.222 e. The van der Waals surface area contributed by atoms with E-state index in [1.807, 2.05) is 24.3 Å². The van der Waals surface area contributed by atoms with Gasteiger partial charge < -0.3 is 14.8 Å². The first kappa shape index (κ1) is 18.8. The normalized spacial score (nSPS) is 17.5. The van der Waals surface area contributed by atoms with Crippen LogP contribution in [0.5, 0.6) is 11.5 Å². The van der Waals surface area contributed by atoms with Crippen molar-refractivity contribution < 1.29 is 14.3 Å². The van der Waals surface area contributed by atoms with Crippen molar-refractivity contribution in [1.29, 1.82) is 0 Å². The number of ether oxygens (including phenoxy) is 2. The Kier molecular flexibility index (Phi) is 5.25. The van der Waals surface area contributed by atoms with E-state index in [0.29, 0.717) is 17.7 Å². The fourth-order valence-corrected chi connectivity index (χ4v) is 3.78. The third-order valence-electron chi connectivity index (χ3n) is 5.31. The van der Waals surface area contributed by atoms with Gasteiger partial charge in [0.15, 0.2) is 0 Å². The monoisotopic (exact) mass is 380 g/mol. The minimum absolute atomic E-state index is 0.0748. The molecule has 0 spiro atoms. The van der Waals surface area contributed by atoms with Gasteiger partial charge in [0.1, 0.15) is 23.4 Å². The van der Waals surface area contributed by atoms with Crippen LogP contribution in [0.15, 0.2) is 30.5 Å². The van der Waals surface area contributed by atoms with Crippen molar-refractivity contribution in [3.05, 3.63) is 36.0 Å². The molecule has 1 aromatic carbocycles. The van der Waals surface area contributed by atoms with Gasteiger partial charge in [-0.3, -0.25) is 4.79 Å². The molecule has 2 heterocycles. The Morgan fingerprint density at radius 2 is 2.11 bits per heavy atom. The summed E-state index contributed by atoms with van der Waals surface area (Å²) in [6.45, 7) is 6.68. The van der Waals surface area contributed by atoms with Crippen molar-refractivity contribution in [2.24, 2.45) is 11.8 Å². The molecule has 1 N–H and O–H groups in total. The summed E-state index contributed by atoms with van der Waals surface area (Å²) in [6, 6.07) is 8.06. The summed E-state index contributed by atoms with van der Waals surface area (Å²) >= 11 is 0. The number of fused-ring (bicyclic) bond motifs is 3. The molecule has 0 bridgehead atoms. The zero-order chi connectivity index (χ0) is 19.7. The summed E-state index contributed by atoms with van der Waals surface area (Å²) in [4.78, 5) is 16.1. The van der Waals surface area contributed by atoms with E-state index in [1.165, 1.54) is 6.92 Å². The van der Waals surface area contributed by atoms with E-state index < -0.39 is 0 Å². The quantitative estimate of drug-likeness (QED) is 0.657. The number of pyridine rings is 1. The van der Waals surface area contributed by atoms with Gasteiger partial charge in [0.2, 0.25) is 5.91 Å². The van der Waals surface area contributed by atoms with Gasteiger partial charge in [-0.25, -0.2) is 4.98 Å². The molecule has 148 valence electrons. The van der Waals surface area contributed by atoms with Gasteiger partial charge in [0.25, 0.3) is 0 Å². The first-order valence-electron chi connectivity index (χ1n) is 10.2. The Hall–Kier alpha value is -2.56. The molecule has 1 fully saturated rings. The number of carbonyl (C=O) groups excluding carboxylic acids is 1. The van der Waals surface area contributed by atoms with Crippen LogP contribution in [0.3, 0.4) is 0 Å². The van der Waals surface area contributed by atoms with Crippen LogP contribution in [0.1, 0.15) is 58.1 Å². The molecule has 1 atom stereocenters. The highest BCUT2D eigenvalue weighted by molar-refractivity contribution is 5.91. The summed E-state index contributed by atoms with van der Waals surface area (Å²) in [5.41, 5.74) is 3.11. The molecule has 1 aliphatic carbocycles. The maximum absolute atomic E-state index is 11.6. The number of rotatable bonds is 7. The highest BCUT2D eigenvalue weighted by Gasteiger charge is 2.40. The van der Waals surface area contributed by atoms with E-state index in [4.69, 9.17) is 9.47 Å². The highest BCUT2D eigenvalue weighted by Crippen LogP contribution is 2.53. The number of hydrogen-bond acceptors (Lipinski definition) is 4. The lowest BCUT2D eigenvalue weighted by Crippen LogP contribution is -2.20. The predicted octanol–water partition coefficient (Wildman–Crippen LogP) is 5.37. The van der Waals surface area contributed by atoms with Gasteiger partial charge in [0, 0.05) is 36.2 Å². The van der Waals surface area contributed by atoms with Gasteiger partial charge in [-0.05, 0) is 55.4 Å². The van der Waals surface area contributed by atoms with E-state index in [0.717, 1.165) is 60.5 Å². The van der Waals surface area contributed by atoms with Crippen LogP contribution in [0, 0.1) is 11.8 Å². The number of aromatic nitrogens is 1. The summed E-state index contributed by atoms with van der Waals surface area (Å²) in [5.74, 6) is 3.35.